The molecular formula is C15H25F2IN4O4S. The number of hydrogen-bond donors (Lipinski definition) is 3. The largest absolute Gasteiger partial charge is 0.497 e. The standard InChI is InChI=1S/C15H24F2N4O4S.HI/c1-18-15(19-7-4-8-21-26(3,22)23)20-10-11-9-12(24-2)5-6-13(11)25-14(16)17;/h5-6,9,14,21H,4,7-8,10H2,1-3H3,(H2,18,19,20);1H. The summed E-state index contributed by atoms with van der Waals surface area (Å²) in [4.78, 5) is 4.02. The van der Waals surface area contributed by atoms with Gasteiger partial charge < -0.3 is 20.1 Å². The number of benzene rings is 1. The van der Waals surface area contributed by atoms with Gasteiger partial charge in [0.25, 0.3) is 0 Å². The van der Waals surface area contributed by atoms with Gasteiger partial charge in [-0.2, -0.15) is 8.78 Å². The number of alkyl halides is 2. The monoisotopic (exact) mass is 522 g/mol. The predicted molar refractivity (Wildman–Crippen MR) is 111 cm³/mol. The summed E-state index contributed by atoms with van der Waals surface area (Å²) in [5, 5.41) is 5.98. The Morgan fingerprint density at radius 1 is 1.26 bits per heavy atom. The maximum atomic E-state index is 12.5. The average molecular weight is 522 g/mol. The Kier molecular flexibility index (Phi) is 12.2. The molecule has 0 aliphatic rings. The summed E-state index contributed by atoms with van der Waals surface area (Å²) in [5.41, 5.74) is 0.478. The van der Waals surface area contributed by atoms with Gasteiger partial charge in [0.1, 0.15) is 11.5 Å². The number of nitrogens with zero attached hydrogens (tertiary/aromatic N) is 1. The molecule has 0 aliphatic carbocycles. The summed E-state index contributed by atoms with van der Waals surface area (Å²) in [6.07, 6.45) is 1.64. The van der Waals surface area contributed by atoms with Crippen molar-refractivity contribution in [2.24, 2.45) is 4.99 Å². The minimum atomic E-state index is -3.21. The molecule has 1 aromatic rings. The van der Waals surface area contributed by atoms with Crippen LogP contribution in [0.3, 0.4) is 0 Å². The van der Waals surface area contributed by atoms with Gasteiger partial charge in [0, 0.05) is 32.2 Å². The third kappa shape index (κ3) is 11.1. The lowest BCUT2D eigenvalue weighted by Gasteiger charge is -2.15. The normalized spacial score (nSPS) is 11.7. The molecule has 0 spiro atoms. The van der Waals surface area contributed by atoms with Crippen LogP contribution in [0.1, 0.15) is 12.0 Å². The van der Waals surface area contributed by atoms with Gasteiger partial charge in [0.15, 0.2) is 5.96 Å². The second-order valence-corrected chi connectivity index (χ2v) is 7.06. The zero-order chi connectivity index (χ0) is 19.6. The van der Waals surface area contributed by atoms with Crippen molar-refractivity contribution >= 4 is 40.0 Å². The molecule has 1 aromatic carbocycles. The highest BCUT2D eigenvalue weighted by molar-refractivity contribution is 14.0. The first kappa shape index (κ1) is 25.6. The van der Waals surface area contributed by atoms with Gasteiger partial charge >= 0.3 is 6.61 Å². The van der Waals surface area contributed by atoms with Gasteiger partial charge in [-0.25, -0.2) is 13.1 Å². The van der Waals surface area contributed by atoms with Gasteiger partial charge in [-0.05, 0) is 24.6 Å². The van der Waals surface area contributed by atoms with Crippen molar-refractivity contribution in [3.8, 4) is 11.5 Å². The molecule has 12 heteroatoms. The van der Waals surface area contributed by atoms with E-state index in [0.717, 1.165) is 6.26 Å². The molecule has 0 amide bonds. The number of guanidine groups is 1. The van der Waals surface area contributed by atoms with E-state index in [1.54, 1.807) is 13.1 Å². The summed E-state index contributed by atoms with van der Waals surface area (Å²) < 4.78 is 58.9. The molecule has 27 heavy (non-hydrogen) atoms. The lowest BCUT2D eigenvalue weighted by Crippen LogP contribution is -2.38. The van der Waals surface area contributed by atoms with E-state index >= 15 is 0 Å². The molecule has 0 saturated heterocycles. The van der Waals surface area contributed by atoms with Crippen molar-refractivity contribution < 1.29 is 26.7 Å². The first-order valence-corrected chi connectivity index (χ1v) is 9.65. The number of aliphatic imine (C=N–C) groups is 1. The van der Waals surface area contributed by atoms with Crippen LogP contribution < -0.4 is 24.8 Å². The SMILES string of the molecule is CN=C(NCCCNS(C)(=O)=O)NCc1cc(OC)ccc1OC(F)F.I. The average Bonchev–Trinajstić information content (AvgIpc) is 2.56. The van der Waals surface area contributed by atoms with Crippen LogP contribution in [-0.4, -0.2) is 54.5 Å². The Labute approximate surface area is 175 Å². The zero-order valence-corrected chi connectivity index (χ0v) is 18.4. The summed E-state index contributed by atoms with van der Waals surface area (Å²) in [7, 11) is -0.170. The fourth-order valence-electron chi connectivity index (χ4n) is 1.98. The first-order chi connectivity index (χ1) is 12.2. The predicted octanol–water partition coefficient (Wildman–Crippen LogP) is 1.52. The van der Waals surface area contributed by atoms with E-state index < -0.39 is 16.6 Å². The van der Waals surface area contributed by atoms with E-state index in [4.69, 9.17) is 4.74 Å². The highest BCUT2D eigenvalue weighted by atomic mass is 127. The number of ether oxygens (including phenoxy) is 2. The zero-order valence-electron chi connectivity index (χ0n) is 15.3. The highest BCUT2D eigenvalue weighted by Gasteiger charge is 2.11. The Bertz CT molecular complexity index is 705. The van der Waals surface area contributed by atoms with Crippen LogP contribution in [0, 0.1) is 0 Å². The Morgan fingerprint density at radius 2 is 1.96 bits per heavy atom. The lowest BCUT2D eigenvalue weighted by molar-refractivity contribution is -0.0505. The second-order valence-electron chi connectivity index (χ2n) is 5.22. The van der Waals surface area contributed by atoms with Gasteiger partial charge in [0.2, 0.25) is 10.0 Å². The third-order valence-corrected chi connectivity index (χ3v) is 3.89. The third-order valence-electron chi connectivity index (χ3n) is 3.16. The van der Waals surface area contributed by atoms with Crippen molar-refractivity contribution in [3.63, 3.8) is 0 Å². The molecule has 8 nitrogen and oxygen atoms in total. The number of halogens is 3. The van der Waals surface area contributed by atoms with Crippen LogP contribution in [0.15, 0.2) is 23.2 Å². The molecule has 0 saturated carbocycles. The van der Waals surface area contributed by atoms with E-state index in [-0.39, 0.29) is 36.3 Å². The Morgan fingerprint density at radius 3 is 2.52 bits per heavy atom. The lowest BCUT2D eigenvalue weighted by atomic mass is 10.2. The number of hydrogen-bond acceptors (Lipinski definition) is 5. The molecule has 0 unspecified atom stereocenters. The minimum absolute atomic E-state index is 0. The van der Waals surface area contributed by atoms with Crippen molar-refractivity contribution in [1.82, 2.24) is 15.4 Å². The van der Waals surface area contributed by atoms with Crippen molar-refractivity contribution in [2.45, 2.75) is 19.6 Å². The molecule has 0 fully saturated rings. The van der Waals surface area contributed by atoms with Crippen molar-refractivity contribution in [3.05, 3.63) is 23.8 Å². The van der Waals surface area contributed by atoms with Crippen LogP contribution in [0.2, 0.25) is 0 Å². The molecule has 1 rings (SSSR count). The summed E-state index contributed by atoms with van der Waals surface area (Å²) in [6.45, 7) is -1.98. The van der Waals surface area contributed by atoms with Crippen LogP contribution >= 0.6 is 24.0 Å². The summed E-state index contributed by atoms with van der Waals surface area (Å²) in [6, 6.07) is 4.53. The number of nitrogens with one attached hydrogen (secondary N) is 3. The smallest absolute Gasteiger partial charge is 0.387 e. The van der Waals surface area contributed by atoms with E-state index in [2.05, 4.69) is 25.1 Å². The Balaban J connectivity index is 0.00000676. The molecule has 0 aliphatic heterocycles. The van der Waals surface area contributed by atoms with E-state index in [1.165, 1.54) is 19.2 Å². The molecular weight excluding hydrogens is 497 g/mol. The number of sulfonamides is 1. The van der Waals surface area contributed by atoms with Gasteiger partial charge in [-0.1, -0.05) is 0 Å². The van der Waals surface area contributed by atoms with Gasteiger partial charge in [-0.3, -0.25) is 4.99 Å². The maximum absolute atomic E-state index is 12.5. The topological polar surface area (TPSA) is 101 Å². The van der Waals surface area contributed by atoms with Crippen LogP contribution in [0.5, 0.6) is 11.5 Å². The molecule has 156 valence electrons. The van der Waals surface area contributed by atoms with Crippen LogP contribution in [0.25, 0.3) is 0 Å². The maximum Gasteiger partial charge on any atom is 0.387 e. The Hall–Kier alpha value is -1.41. The molecule has 3 N–H and O–H groups in total. The molecule has 0 radical (unpaired) electrons. The molecule has 0 bridgehead atoms. The van der Waals surface area contributed by atoms with Gasteiger partial charge in [0.05, 0.1) is 13.4 Å². The quantitative estimate of drug-likeness (QED) is 0.187. The summed E-state index contributed by atoms with van der Waals surface area (Å²) >= 11 is 0. The van der Waals surface area contributed by atoms with Crippen LogP contribution in [0.4, 0.5) is 8.78 Å². The highest BCUT2D eigenvalue weighted by Crippen LogP contribution is 2.25. The van der Waals surface area contributed by atoms with E-state index in [1.807, 2.05) is 0 Å². The fraction of sp³-hybridized carbons (Fsp3) is 0.533. The molecule has 0 atom stereocenters. The van der Waals surface area contributed by atoms with Gasteiger partial charge in [-0.15, -0.1) is 24.0 Å². The molecule has 0 heterocycles. The van der Waals surface area contributed by atoms with Crippen molar-refractivity contribution in [1.29, 1.82) is 0 Å². The van der Waals surface area contributed by atoms with E-state index in [0.29, 0.717) is 36.8 Å². The second kappa shape index (κ2) is 12.9. The summed E-state index contributed by atoms with van der Waals surface area (Å²) in [5.74, 6) is 0.995. The van der Waals surface area contributed by atoms with Crippen LogP contribution in [-0.2, 0) is 16.6 Å². The fourth-order valence-corrected chi connectivity index (χ4v) is 2.50. The number of methoxy groups -OCH3 is 1. The number of rotatable bonds is 10. The molecule has 0 aromatic heterocycles. The first-order valence-electron chi connectivity index (χ1n) is 7.76. The minimum Gasteiger partial charge on any atom is -0.497 e. The van der Waals surface area contributed by atoms with Crippen molar-refractivity contribution in [2.75, 3.05) is 33.5 Å². The van der Waals surface area contributed by atoms with E-state index in [9.17, 15) is 17.2 Å².